The van der Waals surface area contributed by atoms with Crippen molar-refractivity contribution in [3.63, 3.8) is 0 Å². The summed E-state index contributed by atoms with van der Waals surface area (Å²) < 4.78 is 2.02. The normalized spacial score (nSPS) is 11.1. The van der Waals surface area contributed by atoms with Crippen LogP contribution < -0.4 is 5.73 Å². The SMILES string of the molecule is Cc1ccn2c(-c3ccccc3CCN)nnc2c1. The van der Waals surface area contributed by atoms with Crippen LogP contribution in [0.1, 0.15) is 11.1 Å². The van der Waals surface area contributed by atoms with Gasteiger partial charge in [-0.3, -0.25) is 4.40 Å². The molecule has 0 aliphatic rings. The van der Waals surface area contributed by atoms with Crippen LogP contribution in [-0.4, -0.2) is 21.1 Å². The number of aromatic nitrogens is 3. The Morgan fingerprint density at radius 1 is 1.16 bits per heavy atom. The average Bonchev–Trinajstić information content (AvgIpc) is 2.82. The molecule has 0 atom stereocenters. The van der Waals surface area contributed by atoms with Crippen molar-refractivity contribution in [2.75, 3.05) is 6.54 Å². The molecule has 96 valence electrons. The molecule has 0 aliphatic heterocycles. The van der Waals surface area contributed by atoms with E-state index >= 15 is 0 Å². The summed E-state index contributed by atoms with van der Waals surface area (Å²) >= 11 is 0. The number of nitrogens with zero attached hydrogens (tertiary/aromatic N) is 3. The first kappa shape index (κ1) is 11.9. The third-order valence-corrected chi connectivity index (χ3v) is 3.24. The molecular formula is C15H16N4. The van der Waals surface area contributed by atoms with Gasteiger partial charge in [0.1, 0.15) is 0 Å². The van der Waals surface area contributed by atoms with Crippen LogP contribution in [0, 0.1) is 6.92 Å². The third-order valence-electron chi connectivity index (χ3n) is 3.24. The summed E-state index contributed by atoms with van der Waals surface area (Å²) in [5.41, 5.74) is 10.0. The van der Waals surface area contributed by atoms with Crippen molar-refractivity contribution < 1.29 is 0 Å². The predicted octanol–water partition coefficient (Wildman–Crippen LogP) is 2.21. The fraction of sp³-hybridized carbons (Fsp3) is 0.200. The van der Waals surface area contributed by atoms with Crippen molar-refractivity contribution in [3.05, 3.63) is 53.7 Å². The maximum Gasteiger partial charge on any atom is 0.168 e. The molecule has 0 aliphatic carbocycles. The Balaban J connectivity index is 2.19. The number of pyridine rings is 1. The molecule has 0 unspecified atom stereocenters. The van der Waals surface area contributed by atoms with Crippen LogP contribution in [0.4, 0.5) is 0 Å². The van der Waals surface area contributed by atoms with Gasteiger partial charge in [0.05, 0.1) is 0 Å². The zero-order valence-electron chi connectivity index (χ0n) is 10.9. The van der Waals surface area contributed by atoms with E-state index in [0.29, 0.717) is 6.54 Å². The molecule has 1 aromatic carbocycles. The molecule has 3 rings (SSSR count). The first-order valence-corrected chi connectivity index (χ1v) is 6.39. The minimum Gasteiger partial charge on any atom is -0.330 e. The molecule has 0 amide bonds. The number of hydrogen-bond acceptors (Lipinski definition) is 3. The Hall–Kier alpha value is -2.20. The lowest BCUT2D eigenvalue weighted by atomic mass is 10.0. The topological polar surface area (TPSA) is 56.2 Å². The van der Waals surface area contributed by atoms with Gasteiger partial charge in [0, 0.05) is 11.8 Å². The van der Waals surface area contributed by atoms with Crippen LogP contribution in [-0.2, 0) is 6.42 Å². The maximum atomic E-state index is 5.67. The van der Waals surface area contributed by atoms with Gasteiger partial charge in [-0.25, -0.2) is 0 Å². The van der Waals surface area contributed by atoms with Crippen molar-refractivity contribution in [2.24, 2.45) is 5.73 Å². The zero-order chi connectivity index (χ0) is 13.2. The number of hydrogen-bond donors (Lipinski definition) is 1. The predicted molar refractivity (Wildman–Crippen MR) is 75.9 cm³/mol. The van der Waals surface area contributed by atoms with Crippen LogP contribution >= 0.6 is 0 Å². The Labute approximate surface area is 111 Å². The molecule has 4 nitrogen and oxygen atoms in total. The van der Waals surface area contributed by atoms with E-state index in [4.69, 9.17) is 5.73 Å². The van der Waals surface area contributed by atoms with Crippen molar-refractivity contribution in [2.45, 2.75) is 13.3 Å². The molecule has 2 N–H and O–H groups in total. The molecular weight excluding hydrogens is 236 g/mol. The monoisotopic (exact) mass is 252 g/mol. The number of aryl methyl sites for hydroxylation is 1. The highest BCUT2D eigenvalue weighted by Crippen LogP contribution is 2.23. The van der Waals surface area contributed by atoms with Gasteiger partial charge in [-0.15, -0.1) is 10.2 Å². The van der Waals surface area contributed by atoms with E-state index in [2.05, 4.69) is 35.3 Å². The standard InChI is InChI=1S/C15H16N4/c1-11-7-9-19-14(10-11)17-18-15(19)13-5-3-2-4-12(13)6-8-16/h2-5,7,9-10H,6,8,16H2,1H3. The lowest BCUT2D eigenvalue weighted by Gasteiger charge is -2.07. The van der Waals surface area contributed by atoms with E-state index in [0.717, 1.165) is 23.5 Å². The smallest absolute Gasteiger partial charge is 0.168 e. The summed E-state index contributed by atoms with van der Waals surface area (Å²) in [5, 5.41) is 8.56. The van der Waals surface area contributed by atoms with E-state index in [1.165, 1.54) is 11.1 Å². The molecule has 0 saturated carbocycles. The molecule has 19 heavy (non-hydrogen) atoms. The molecule has 0 fully saturated rings. The Morgan fingerprint density at radius 3 is 2.84 bits per heavy atom. The number of rotatable bonds is 3. The summed E-state index contributed by atoms with van der Waals surface area (Å²) in [6, 6.07) is 12.3. The van der Waals surface area contributed by atoms with E-state index in [9.17, 15) is 0 Å². The highest BCUT2D eigenvalue weighted by molar-refractivity contribution is 5.63. The second kappa shape index (κ2) is 4.82. The number of fused-ring (bicyclic) bond motifs is 1. The molecule has 0 spiro atoms. The highest BCUT2D eigenvalue weighted by Gasteiger charge is 2.11. The first-order valence-electron chi connectivity index (χ1n) is 6.39. The van der Waals surface area contributed by atoms with Gasteiger partial charge in [0.15, 0.2) is 11.5 Å². The summed E-state index contributed by atoms with van der Waals surface area (Å²) in [7, 11) is 0. The Morgan fingerprint density at radius 2 is 2.00 bits per heavy atom. The van der Waals surface area contributed by atoms with Gasteiger partial charge in [0.2, 0.25) is 0 Å². The number of nitrogens with two attached hydrogens (primary N) is 1. The minimum absolute atomic E-state index is 0.632. The number of benzene rings is 1. The van der Waals surface area contributed by atoms with Gasteiger partial charge >= 0.3 is 0 Å². The summed E-state index contributed by atoms with van der Waals surface area (Å²) in [6.07, 6.45) is 2.86. The average molecular weight is 252 g/mol. The van der Waals surface area contributed by atoms with E-state index in [-0.39, 0.29) is 0 Å². The fourth-order valence-electron chi connectivity index (χ4n) is 2.29. The minimum atomic E-state index is 0.632. The molecule has 0 bridgehead atoms. The summed E-state index contributed by atoms with van der Waals surface area (Å²) in [6.45, 7) is 2.68. The van der Waals surface area contributed by atoms with Crippen molar-refractivity contribution in [1.82, 2.24) is 14.6 Å². The Kier molecular flexibility index (Phi) is 3.01. The molecule has 0 radical (unpaired) electrons. The lowest BCUT2D eigenvalue weighted by Crippen LogP contribution is -2.04. The van der Waals surface area contributed by atoms with Crippen LogP contribution in [0.5, 0.6) is 0 Å². The molecule has 2 aromatic heterocycles. The second-order valence-electron chi connectivity index (χ2n) is 4.65. The first-order chi connectivity index (χ1) is 9.29. The zero-order valence-corrected chi connectivity index (χ0v) is 10.9. The van der Waals surface area contributed by atoms with Crippen LogP contribution in [0.15, 0.2) is 42.6 Å². The van der Waals surface area contributed by atoms with Crippen LogP contribution in [0.2, 0.25) is 0 Å². The lowest BCUT2D eigenvalue weighted by molar-refractivity contribution is 0.964. The maximum absolute atomic E-state index is 5.67. The van der Waals surface area contributed by atoms with Crippen molar-refractivity contribution >= 4 is 5.65 Å². The van der Waals surface area contributed by atoms with Crippen LogP contribution in [0.3, 0.4) is 0 Å². The van der Waals surface area contributed by atoms with Gasteiger partial charge in [-0.1, -0.05) is 24.3 Å². The van der Waals surface area contributed by atoms with Gasteiger partial charge < -0.3 is 5.73 Å². The summed E-state index contributed by atoms with van der Waals surface area (Å²) in [4.78, 5) is 0. The molecule has 2 heterocycles. The largest absolute Gasteiger partial charge is 0.330 e. The summed E-state index contributed by atoms with van der Waals surface area (Å²) in [5.74, 6) is 0.874. The Bertz CT molecular complexity index is 715. The molecule has 4 heteroatoms. The highest BCUT2D eigenvalue weighted by atomic mass is 15.2. The second-order valence-corrected chi connectivity index (χ2v) is 4.65. The fourth-order valence-corrected chi connectivity index (χ4v) is 2.29. The van der Waals surface area contributed by atoms with E-state index in [1.807, 2.05) is 28.8 Å². The molecule has 0 saturated heterocycles. The third kappa shape index (κ3) is 2.11. The van der Waals surface area contributed by atoms with Crippen LogP contribution in [0.25, 0.3) is 17.0 Å². The van der Waals surface area contributed by atoms with Gasteiger partial charge in [-0.05, 0) is 43.1 Å². The van der Waals surface area contributed by atoms with Gasteiger partial charge in [-0.2, -0.15) is 0 Å². The van der Waals surface area contributed by atoms with E-state index in [1.54, 1.807) is 0 Å². The van der Waals surface area contributed by atoms with Crippen molar-refractivity contribution in [3.8, 4) is 11.4 Å². The quantitative estimate of drug-likeness (QED) is 0.777. The van der Waals surface area contributed by atoms with Crippen molar-refractivity contribution in [1.29, 1.82) is 0 Å². The van der Waals surface area contributed by atoms with E-state index < -0.39 is 0 Å². The molecule has 3 aromatic rings. The van der Waals surface area contributed by atoms with Gasteiger partial charge in [0.25, 0.3) is 0 Å².